The Hall–Kier alpha value is -1.61. The molecule has 3 heteroatoms. The van der Waals surface area contributed by atoms with Crippen LogP contribution in [0.5, 0.6) is 0 Å². The molecule has 0 radical (unpaired) electrons. The lowest BCUT2D eigenvalue weighted by Crippen LogP contribution is -2.09. The predicted molar refractivity (Wildman–Crippen MR) is 70.3 cm³/mol. The topological polar surface area (TPSA) is 38.0 Å². The van der Waals surface area contributed by atoms with E-state index in [-0.39, 0.29) is 0 Å². The zero-order chi connectivity index (χ0) is 12.5. The monoisotopic (exact) mass is 242 g/mol. The maximum absolute atomic E-state index is 10.3. The Labute approximate surface area is 107 Å². The third kappa shape index (κ3) is 1.95. The van der Waals surface area contributed by atoms with Crippen molar-refractivity contribution in [2.24, 2.45) is 7.05 Å². The highest BCUT2D eigenvalue weighted by atomic mass is 16.3. The fourth-order valence-corrected chi connectivity index (χ4v) is 2.49. The van der Waals surface area contributed by atoms with Gasteiger partial charge in [0.25, 0.3) is 0 Å². The van der Waals surface area contributed by atoms with Crippen LogP contribution in [0.25, 0.3) is 0 Å². The smallest absolute Gasteiger partial charge is 0.121 e. The molecular weight excluding hydrogens is 224 g/mol. The SMILES string of the molecule is Cn1cncc1C(O)c1ccc(C2CCC2)cc1. The zero-order valence-corrected chi connectivity index (χ0v) is 10.6. The lowest BCUT2D eigenvalue weighted by molar-refractivity contribution is 0.211. The maximum atomic E-state index is 10.3. The zero-order valence-electron chi connectivity index (χ0n) is 10.6. The summed E-state index contributed by atoms with van der Waals surface area (Å²) in [5.74, 6) is 0.743. The van der Waals surface area contributed by atoms with Crippen molar-refractivity contribution >= 4 is 0 Å². The van der Waals surface area contributed by atoms with Gasteiger partial charge in [-0.3, -0.25) is 0 Å². The molecule has 0 bridgehead atoms. The molecule has 0 saturated heterocycles. The minimum Gasteiger partial charge on any atom is -0.382 e. The first kappa shape index (κ1) is 11.5. The van der Waals surface area contributed by atoms with E-state index in [4.69, 9.17) is 0 Å². The minimum absolute atomic E-state index is 0.590. The van der Waals surface area contributed by atoms with Gasteiger partial charge in [0.1, 0.15) is 6.10 Å². The second kappa shape index (κ2) is 4.58. The average molecular weight is 242 g/mol. The van der Waals surface area contributed by atoms with Gasteiger partial charge < -0.3 is 9.67 Å². The van der Waals surface area contributed by atoms with Crippen molar-refractivity contribution in [1.82, 2.24) is 9.55 Å². The molecule has 2 aromatic rings. The Bertz CT molecular complexity index is 526. The van der Waals surface area contributed by atoms with Crippen LogP contribution in [0, 0.1) is 0 Å². The van der Waals surface area contributed by atoms with Gasteiger partial charge >= 0.3 is 0 Å². The molecule has 1 fully saturated rings. The molecule has 18 heavy (non-hydrogen) atoms. The van der Waals surface area contributed by atoms with Gasteiger partial charge in [-0.15, -0.1) is 0 Å². The van der Waals surface area contributed by atoms with Crippen LogP contribution in [-0.4, -0.2) is 14.7 Å². The summed E-state index contributed by atoms with van der Waals surface area (Å²) in [6.45, 7) is 0. The molecule has 1 aromatic carbocycles. The Morgan fingerprint density at radius 1 is 1.28 bits per heavy atom. The molecule has 1 saturated carbocycles. The maximum Gasteiger partial charge on any atom is 0.121 e. The molecule has 94 valence electrons. The number of aliphatic hydroxyl groups excluding tert-OH is 1. The van der Waals surface area contributed by atoms with Crippen LogP contribution in [0.15, 0.2) is 36.8 Å². The third-order valence-electron chi connectivity index (χ3n) is 3.96. The van der Waals surface area contributed by atoms with E-state index in [2.05, 4.69) is 17.1 Å². The quantitative estimate of drug-likeness (QED) is 0.898. The first-order valence-electron chi connectivity index (χ1n) is 6.50. The molecule has 1 unspecified atom stereocenters. The lowest BCUT2D eigenvalue weighted by atomic mass is 9.80. The summed E-state index contributed by atoms with van der Waals surface area (Å²) < 4.78 is 1.85. The second-order valence-corrected chi connectivity index (χ2v) is 5.13. The fraction of sp³-hybridized carbons (Fsp3) is 0.400. The Kier molecular flexibility index (Phi) is 2.92. The van der Waals surface area contributed by atoms with Crippen LogP contribution in [-0.2, 0) is 7.05 Å². The largest absolute Gasteiger partial charge is 0.382 e. The van der Waals surface area contributed by atoms with E-state index in [0.29, 0.717) is 0 Å². The number of rotatable bonds is 3. The molecule has 3 nitrogen and oxygen atoms in total. The molecule has 3 rings (SSSR count). The molecule has 1 N–H and O–H groups in total. The number of imidazole rings is 1. The Balaban J connectivity index is 1.82. The molecule has 1 aliphatic carbocycles. The van der Waals surface area contributed by atoms with Crippen molar-refractivity contribution in [2.45, 2.75) is 31.3 Å². The highest BCUT2D eigenvalue weighted by Crippen LogP contribution is 2.36. The van der Waals surface area contributed by atoms with Crippen LogP contribution in [0.3, 0.4) is 0 Å². The van der Waals surface area contributed by atoms with Crippen LogP contribution in [0.4, 0.5) is 0 Å². The molecule has 0 amide bonds. The number of aliphatic hydroxyl groups is 1. The average Bonchev–Trinajstić information content (AvgIpc) is 2.73. The van der Waals surface area contributed by atoms with E-state index in [1.54, 1.807) is 12.5 Å². The van der Waals surface area contributed by atoms with E-state index in [1.807, 2.05) is 23.7 Å². The van der Waals surface area contributed by atoms with Gasteiger partial charge in [-0.2, -0.15) is 0 Å². The standard InChI is InChI=1S/C15H18N2O/c1-17-10-16-9-14(17)15(18)13-7-5-12(6-8-13)11-3-2-4-11/h5-11,15,18H,2-4H2,1H3. The van der Waals surface area contributed by atoms with Gasteiger partial charge in [-0.1, -0.05) is 30.7 Å². The minimum atomic E-state index is -0.590. The normalized spacial score (nSPS) is 17.4. The molecule has 1 atom stereocenters. The summed E-state index contributed by atoms with van der Waals surface area (Å²) >= 11 is 0. The summed E-state index contributed by atoms with van der Waals surface area (Å²) in [5.41, 5.74) is 3.16. The van der Waals surface area contributed by atoms with Crippen LogP contribution in [0.1, 0.15) is 48.1 Å². The number of hydrogen-bond donors (Lipinski definition) is 1. The van der Waals surface area contributed by atoms with Gasteiger partial charge in [0.05, 0.1) is 18.2 Å². The van der Waals surface area contributed by atoms with Crippen LogP contribution < -0.4 is 0 Å². The third-order valence-corrected chi connectivity index (χ3v) is 3.96. The van der Waals surface area contributed by atoms with Gasteiger partial charge in [-0.05, 0) is 29.9 Å². The molecule has 0 aliphatic heterocycles. The number of benzene rings is 1. The van der Waals surface area contributed by atoms with E-state index in [9.17, 15) is 5.11 Å². The van der Waals surface area contributed by atoms with E-state index in [1.165, 1.54) is 24.8 Å². The summed E-state index contributed by atoms with van der Waals surface area (Å²) in [6, 6.07) is 8.37. The van der Waals surface area contributed by atoms with Crippen molar-refractivity contribution in [3.63, 3.8) is 0 Å². The molecule has 0 spiro atoms. The highest BCUT2D eigenvalue weighted by Gasteiger charge is 2.20. The highest BCUT2D eigenvalue weighted by molar-refractivity contribution is 5.31. The second-order valence-electron chi connectivity index (χ2n) is 5.13. The van der Waals surface area contributed by atoms with E-state index >= 15 is 0 Å². The van der Waals surface area contributed by atoms with Crippen molar-refractivity contribution in [2.75, 3.05) is 0 Å². The number of nitrogens with zero attached hydrogens (tertiary/aromatic N) is 2. The Morgan fingerprint density at radius 2 is 2.00 bits per heavy atom. The number of aromatic nitrogens is 2. The molecule has 1 aliphatic rings. The first-order chi connectivity index (χ1) is 8.75. The predicted octanol–water partition coefficient (Wildman–Crippen LogP) is 2.77. The Morgan fingerprint density at radius 3 is 2.50 bits per heavy atom. The molecule has 1 heterocycles. The van der Waals surface area contributed by atoms with Gasteiger partial charge in [0, 0.05) is 7.05 Å². The fourth-order valence-electron chi connectivity index (χ4n) is 2.49. The van der Waals surface area contributed by atoms with Gasteiger partial charge in [0.15, 0.2) is 0 Å². The van der Waals surface area contributed by atoms with Crippen molar-refractivity contribution in [1.29, 1.82) is 0 Å². The van der Waals surface area contributed by atoms with E-state index in [0.717, 1.165) is 17.2 Å². The number of aryl methyl sites for hydroxylation is 1. The van der Waals surface area contributed by atoms with E-state index < -0.39 is 6.10 Å². The molecular formula is C15H18N2O. The van der Waals surface area contributed by atoms with Crippen LogP contribution >= 0.6 is 0 Å². The van der Waals surface area contributed by atoms with Crippen molar-refractivity contribution in [3.8, 4) is 0 Å². The summed E-state index contributed by atoms with van der Waals surface area (Å²) in [5, 5.41) is 10.3. The molecule has 1 aromatic heterocycles. The summed E-state index contributed by atoms with van der Waals surface area (Å²) in [7, 11) is 1.90. The van der Waals surface area contributed by atoms with Crippen molar-refractivity contribution < 1.29 is 5.11 Å². The first-order valence-corrected chi connectivity index (χ1v) is 6.50. The van der Waals surface area contributed by atoms with Gasteiger partial charge in [0.2, 0.25) is 0 Å². The van der Waals surface area contributed by atoms with Gasteiger partial charge in [-0.25, -0.2) is 4.98 Å². The van der Waals surface area contributed by atoms with Crippen molar-refractivity contribution in [3.05, 3.63) is 53.6 Å². The number of hydrogen-bond acceptors (Lipinski definition) is 2. The summed E-state index contributed by atoms with van der Waals surface area (Å²) in [6.07, 6.45) is 6.80. The summed E-state index contributed by atoms with van der Waals surface area (Å²) in [4.78, 5) is 4.04. The van der Waals surface area contributed by atoms with Crippen LogP contribution in [0.2, 0.25) is 0 Å². The lowest BCUT2D eigenvalue weighted by Gasteiger charge is -2.26.